The first-order valence-corrected chi connectivity index (χ1v) is 11.7. The van der Waals surface area contributed by atoms with Gasteiger partial charge in [0, 0.05) is 16.0 Å². The minimum Gasteiger partial charge on any atom is -0.326 e. The zero-order valence-corrected chi connectivity index (χ0v) is 19.2. The molecule has 0 bridgehead atoms. The number of fused-ring (bicyclic) bond motifs is 2. The van der Waals surface area contributed by atoms with Crippen LogP contribution in [0.4, 0.5) is 11.6 Å². The van der Waals surface area contributed by atoms with Crippen molar-refractivity contribution in [2.24, 2.45) is 0 Å². The number of rotatable bonds is 6. The SMILES string of the molecule is Cc1ccc2scc(Cn3c(Nc4ccc(C(C)C)cc4)nc4cc(C=O)ccc43)c2c1. The van der Waals surface area contributed by atoms with E-state index in [1.54, 1.807) is 11.3 Å². The van der Waals surface area contributed by atoms with Crippen LogP contribution in [0.1, 0.15) is 46.8 Å². The molecule has 0 saturated carbocycles. The van der Waals surface area contributed by atoms with Crippen LogP contribution in [0, 0.1) is 6.92 Å². The number of aryl methyl sites for hydroxylation is 1. The molecule has 0 aliphatic rings. The van der Waals surface area contributed by atoms with E-state index >= 15 is 0 Å². The van der Waals surface area contributed by atoms with Crippen molar-refractivity contribution < 1.29 is 4.79 Å². The van der Waals surface area contributed by atoms with Crippen molar-refractivity contribution in [1.82, 2.24) is 9.55 Å². The Morgan fingerprint density at radius 1 is 1.06 bits per heavy atom. The molecule has 2 aromatic heterocycles. The molecule has 5 heteroatoms. The highest BCUT2D eigenvalue weighted by atomic mass is 32.1. The van der Waals surface area contributed by atoms with E-state index in [-0.39, 0.29) is 0 Å². The lowest BCUT2D eigenvalue weighted by atomic mass is 10.0. The molecule has 3 aromatic carbocycles. The zero-order chi connectivity index (χ0) is 22.2. The molecule has 32 heavy (non-hydrogen) atoms. The molecule has 0 aliphatic carbocycles. The van der Waals surface area contributed by atoms with Crippen molar-refractivity contribution in [3.05, 3.63) is 88.3 Å². The summed E-state index contributed by atoms with van der Waals surface area (Å²) in [7, 11) is 0. The zero-order valence-electron chi connectivity index (χ0n) is 18.4. The van der Waals surface area contributed by atoms with Crippen LogP contribution in [0.25, 0.3) is 21.1 Å². The second-order valence-corrected chi connectivity index (χ2v) is 9.46. The molecule has 1 N–H and O–H groups in total. The van der Waals surface area contributed by atoms with Crippen LogP contribution in [-0.4, -0.2) is 15.8 Å². The lowest BCUT2D eigenvalue weighted by Crippen LogP contribution is -2.05. The predicted molar refractivity (Wildman–Crippen MR) is 135 cm³/mol. The van der Waals surface area contributed by atoms with Crippen LogP contribution in [0.3, 0.4) is 0 Å². The Morgan fingerprint density at radius 2 is 1.88 bits per heavy atom. The molecule has 160 valence electrons. The largest absolute Gasteiger partial charge is 0.326 e. The van der Waals surface area contributed by atoms with Crippen LogP contribution in [-0.2, 0) is 6.54 Å². The summed E-state index contributed by atoms with van der Waals surface area (Å²) in [6, 6.07) is 20.8. The number of aldehydes is 1. The summed E-state index contributed by atoms with van der Waals surface area (Å²) in [5.74, 6) is 1.26. The molecule has 2 heterocycles. The fourth-order valence-electron chi connectivity index (χ4n) is 4.04. The van der Waals surface area contributed by atoms with Crippen molar-refractivity contribution in [2.75, 3.05) is 5.32 Å². The van der Waals surface area contributed by atoms with Gasteiger partial charge in [0.1, 0.15) is 6.29 Å². The Kier molecular flexibility index (Phi) is 5.27. The minimum atomic E-state index is 0.491. The van der Waals surface area contributed by atoms with Gasteiger partial charge in [-0.15, -0.1) is 11.3 Å². The average Bonchev–Trinajstić information content (AvgIpc) is 3.34. The van der Waals surface area contributed by atoms with Crippen molar-refractivity contribution in [3.63, 3.8) is 0 Å². The Balaban J connectivity index is 1.59. The first-order valence-electron chi connectivity index (χ1n) is 10.8. The third kappa shape index (κ3) is 3.80. The molecule has 5 rings (SSSR count). The summed E-state index contributed by atoms with van der Waals surface area (Å²) in [5.41, 5.74) is 7.27. The first-order chi connectivity index (χ1) is 15.5. The highest BCUT2D eigenvalue weighted by Gasteiger charge is 2.15. The summed E-state index contributed by atoms with van der Waals surface area (Å²) in [5, 5.41) is 7.02. The molecule has 0 aliphatic heterocycles. The van der Waals surface area contributed by atoms with Gasteiger partial charge in [-0.25, -0.2) is 4.98 Å². The number of nitrogens with one attached hydrogen (secondary N) is 1. The standard InChI is InChI=1S/C27H25N3OS/c1-17(2)20-6-8-22(9-7-20)28-27-29-24-13-19(15-31)5-10-25(24)30(27)14-21-16-32-26-11-4-18(3)12-23(21)26/h4-13,15-17H,14H2,1-3H3,(H,28,29). The lowest BCUT2D eigenvalue weighted by molar-refractivity contribution is 0.112. The van der Waals surface area contributed by atoms with E-state index in [1.807, 2.05) is 18.2 Å². The number of carbonyl (C=O) groups excluding carboxylic acids is 1. The van der Waals surface area contributed by atoms with Gasteiger partial charge in [-0.3, -0.25) is 4.79 Å². The van der Waals surface area contributed by atoms with Gasteiger partial charge in [0.15, 0.2) is 0 Å². The number of nitrogens with zero attached hydrogens (tertiary/aromatic N) is 2. The quantitative estimate of drug-likeness (QED) is 0.283. The maximum absolute atomic E-state index is 11.3. The Labute approximate surface area is 191 Å². The van der Waals surface area contributed by atoms with E-state index < -0.39 is 0 Å². The third-order valence-corrected chi connectivity index (χ3v) is 6.89. The monoisotopic (exact) mass is 439 g/mol. The molecule has 0 amide bonds. The number of imidazole rings is 1. The second kappa shape index (κ2) is 8.24. The molecule has 4 nitrogen and oxygen atoms in total. The van der Waals surface area contributed by atoms with Gasteiger partial charge >= 0.3 is 0 Å². The summed E-state index contributed by atoms with van der Waals surface area (Å²) in [6.07, 6.45) is 0.866. The number of hydrogen-bond acceptors (Lipinski definition) is 4. The third-order valence-electron chi connectivity index (χ3n) is 5.88. The van der Waals surface area contributed by atoms with Crippen LogP contribution in [0.5, 0.6) is 0 Å². The van der Waals surface area contributed by atoms with Gasteiger partial charge in [0.05, 0.1) is 17.6 Å². The van der Waals surface area contributed by atoms with Crippen molar-refractivity contribution >= 4 is 50.4 Å². The van der Waals surface area contributed by atoms with Crippen molar-refractivity contribution in [2.45, 2.75) is 33.2 Å². The van der Waals surface area contributed by atoms with E-state index in [4.69, 9.17) is 4.98 Å². The Morgan fingerprint density at radius 3 is 2.62 bits per heavy atom. The van der Waals surface area contributed by atoms with Crippen molar-refractivity contribution in [1.29, 1.82) is 0 Å². The average molecular weight is 440 g/mol. The van der Waals surface area contributed by atoms with Gasteiger partial charge in [-0.1, -0.05) is 43.7 Å². The van der Waals surface area contributed by atoms with Crippen molar-refractivity contribution in [3.8, 4) is 0 Å². The van der Waals surface area contributed by atoms with E-state index in [9.17, 15) is 4.79 Å². The molecule has 0 saturated heterocycles. The molecule has 0 unspecified atom stereocenters. The summed E-state index contributed by atoms with van der Waals surface area (Å²) >= 11 is 1.77. The van der Waals surface area contributed by atoms with E-state index in [2.05, 4.69) is 78.5 Å². The molecular weight excluding hydrogens is 414 g/mol. The highest BCUT2D eigenvalue weighted by Crippen LogP contribution is 2.31. The first kappa shape index (κ1) is 20.5. The second-order valence-electron chi connectivity index (χ2n) is 8.55. The molecule has 0 atom stereocenters. The molecule has 0 radical (unpaired) electrons. The highest BCUT2D eigenvalue weighted by molar-refractivity contribution is 7.17. The fraction of sp³-hybridized carbons (Fsp3) is 0.185. The van der Waals surface area contributed by atoms with Crippen LogP contribution in [0.15, 0.2) is 66.0 Å². The summed E-state index contributed by atoms with van der Waals surface area (Å²) in [4.78, 5) is 16.2. The molecule has 5 aromatic rings. The lowest BCUT2D eigenvalue weighted by Gasteiger charge is -2.12. The fourth-order valence-corrected chi connectivity index (χ4v) is 4.98. The van der Waals surface area contributed by atoms with Gasteiger partial charge in [0.25, 0.3) is 0 Å². The Bertz CT molecular complexity index is 1430. The Hall–Kier alpha value is -3.44. The van der Waals surface area contributed by atoms with Gasteiger partial charge in [-0.05, 0) is 71.1 Å². The van der Waals surface area contributed by atoms with Crippen LogP contribution >= 0.6 is 11.3 Å². The summed E-state index contributed by atoms with van der Waals surface area (Å²) in [6.45, 7) is 7.22. The van der Waals surface area contributed by atoms with Gasteiger partial charge < -0.3 is 9.88 Å². The number of thiophene rings is 1. The maximum atomic E-state index is 11.3. The van der Waals surface area contributed by atoms with E-state index in [1.165, 1.54) is 26.8 Å². The van der Waals surface area contributed by atoms with E-state index in [0.717, 1.165) is 29.0 Å². The van der Waals surface area contributed by atoms with Crippen LogP contribution < -0.4 is 5.32 Å². The number of anilines is 2. The minimum absolute atomic E-state index is 0.491. The molecule has 0 fully saturated rings. The molecule has 0 spiro atoms. The van der Waals surface area contributed by atoms with Crippen LogP contribution in [0.2, 0.25) is 0 Å². The number of aromatic nitrogens is 2. The maximum Gasteiger partial charge on any atom is 0.208 e. The number of benzene rings is 3. The normalized spacial score (nSPS) is 11.5. The summed E-state index contributed by atoms with van der Waals surface area (Å²) < 4.78 is 3.49. The van der Waals surface area contributed by atoms with Gasteiger partial charge in [0.2, 0.25) is 5.95 Å². The smallest absolute Gasteiger partial charge is 0.208 e. The van der Waals surface area contributed by atoms with Gasteiger partial charge in [-0.2, -0.15) is 0 Å². The number of carbonyl (C=O) groups is 1. The number of hydrogen-bond donors (Lipinski definition) is 1. The topological polar surface area (TPSA) is 46.9 Å². The van der Waals surface area contributed by atoms with E-state index in [0.29, 0.717) is 18.0 Å². The molecular formula is C27H25N3OS. The predicted octanol–water partition coefficient (Wildman–Crippen LogP) is 7.29.